The summed E-state index contributed by atoms with van der Waals surface area (Å²) in [5.41, 5.74) is 6.66. The lowest BCUT2D eigenvalue weighted by molar-refractivity contribution is -0.143. The van der Waals surface area contributed by atoms with E-state index in [2.05, 4.69) is 10.3 Å². The van der Waals surface area contributed by atoms with Gasteiger partial charge in [-0.05, 0) is 31.9 Å². The maximum atomic E-state index is 11.2. The molecule has 0 saturated heterocycles. The number of aliphatic imine (C=N–C) groups is 1. The first-order valence-electron chi connectivity index (χ1n) is 8.03. The summed E-state index contributed by atoms with van der Waals surface area (Å²) in [6.07, 6.45) is 4.31. The molecule has 0 aliphatic carbocycles. The first kappa shape index (κ1) is 22.5. The average Bonchev–Trinajstić information content (AvgIpc) is 2.54. The molecular formula is C17H28IN3O3. The highest BCUT2D eigenvalue weighted by atomic mass is 127. The molecule has 0 atom stereocenters. The fourth-order valence-electron chi connectivity index (χ4n) is 2.09. The highest BCUT2D eigenvalue weighted by Crippen LogP contribution is 2.22. The molecule has 0 aliphatic rings. The van der Waals surface area contributed by atoms with Gasteiger partial charge in [0.1, 0.15) is 5.75 Å². The summed E-state index contributed by atoms with van der Waals surface area (Å²) in [6.45, 7) is 2.93. The molecule has 0 radical (unpaired) electrons. The molecule has 3 N–H and O–H groups in total. The molecule has 1 rings (SSSR count). The van der Waals surface area contributed by atoms with Crippen molar-refractivity contribution in [1.82, 2.24) is 0 Å². The molecule has 0 fully saturated rings. The third-order valence-electron chi connectivity index (χ3n) is 3.25. The van der Waals surface area contributed by atoms with Crippen LogP contribution in [0.5, 0.6) is 5.75 Å². The minimum Gasteiger partial charge on any atom is -0.495 e. The number of anilines is 1. The molecule has 1 aromatic rings. The van der Waals surface area contributed by atoms with E-state index in [1.807, 2.05) is 31.2 Å². The highest BCUT2D eigenvalue weighted by molar-refractivity contribution is 14.0. The molecule has 0 heterocycles. The summed E-state index contributed by atoms with van der Waals surface area (Å²) < 4.78 is 10.1. The topological polar surface area (TPSA) is 85.9 Å². The lowest BCUT2D eigenvalue weighted by Crippen LogP contribution is -2.23. The molecule has 7 heteroatoms. The quantitative estimate of drug-likeness (QED) is 0.188. The summed E-state index contributed by atoms with van der Waals surface area (Å²) in [4.78, 5) is 15.5. The van der Waals surface area contributed by atoms with Gasteiger partial charge in [0.25, 0.3) is 0 Å². The second-order valence-electron chi connectivity index (χ2n) is 5.06. The van der Waals surface area contributed by atoms with Gasteiger partial charge < -0.3 is 20.5 Å². The predicted molar refractivity (Wildman–Crippen MR) is 108 cm³/mol. The number of esters is 1. The van der Waals surface area contributed by atoms with Gasteiger partial charge in [-0.2, -0.15) is 0 Å². The fourth-order valence-corrected chi connectivity index (χ4v) is 2.09. The Morgan fingerprint density at radius 3 is 2.62 bits per heavy atom. The van der Waals surface area contributed by atoms with Crippen molar-refractivity contribution in [3.8, 4) is 5.75 Å². The first-order valence-corrected chi connectivity index (χ1v) is 8.03. The van der Waals surface area contributed by atoms with Gasteiger partial charge >= 0.3 is 5.97 Å². The van der Waals surface area contributed by atoms with Crippen LogP contribution >= 0.6 is 24.0 Å². The van der Waals surface area contributed by atoms with E-state index >= 15 is 0 Å². The van der Waals surface area contributed by atoms with E-state index in [1.165, 1.54) is 0 Å². The number of hydrogen-bond acceptors (Lipinski definition) is 4. The molecule has 0 aromatic heterocycles. The predicted octanol–water partition coefficient (Wildman–Crippen LogP) is 3.55. The van der Waals surface area contributed by atoms with Crippen LogP contribution in [-0.2, 0) is 9.53 Å². The van der Waals surface area contributed by atoms with E-state index in [0.717, 1.165) is 37.1 Å². The van der Waals surface area contributed by atoms with Crippen LogP contribution in [0.4, 0.5) is 5.69 Å². The zero-order valence-electron chi connectivity index (χ0n) is 14.4. The molecule has 0 bridgehead atoms. The van der Waals surface area contributed by atoms with Crippen LogP contribution in [0.3, 0.4) is 0 Å². The zero-order chi connectivity index (χ0) is 16.9. The van der Waals surface area contributed by atoms with Crippen molar-refractivity contribution in [2.45, 2.75) is 39.0 Å². The molecule has 136 valence electrons. The molecule has 0 aliphatic heterocycles. The van der Waals surface area contributed by atoms with Crippen LogP contribution in [0.2, 0.25) is 0 Å². The SMILES string of the molecule is CCOC(=O)CCCCCCN=C(N)Nc1ccccc1OC.I. The summed E-state index contributed by atoms with van der Waals surface area (Å²) in [5, 5.41) is 3.03. The Morgan fingerprint density at radius 2 is 1.92 bits per heavy atom. The Bertz CT molecular complexity index is 510. The number of nitrogens with one attached hydrogen (secondary N) is 1. The van der Waals surface area contributed by atoms with Gasteiger partial charge in [0, 0.05) is 13.0 Å². The van der Waals surface area contributed by atoms with Crippen molar-refractivity contribution in [3.05, 3.63) is 24.3 Å². The summed E-state index contributed by atoms with van der Waals surface area (Å²) in [6, 6.07) is 7.55. The van der Waals surface area contributed by atoms with Gasteiger partial charge in [-0.15, -0.1) is 24.0 Å². The zero-order valence-corrected chi connectivity index (χ0v) is 16.7. The van der Waals surface area contributed by atoms with Crippen molar-refractivity contribution in [3.63, 3.8) is 0 Å². The molecule has 0 spiro atoms. The smallest absolute Gasteiger partial charge is 0.305 e. The van der Waals surface area contributed by atoms with E-state index in [-0.39, 0.29) is 29.9 Å². The minimum atomic E-state index is -0.115. The highest BCUT2D eigenvalue weighted by Gasteiger charge is 2.02. The maximum absolute atomic E-state index is 11.2. The number of halogens is 1. The fraction of sp³-hybridized carbons (Fsp3) is 0.529. The van der Waals surface area contributed by atoms with E-state index in [0.29, 0.717) is 25.5 Å². The monoisotopic (exact) mass is 449 g/mol. The number of para-hydroxylation sites is 2. The lowest BCUT2D eigenvalue weighted by atomic mass is 10.1. The van der Waals surface area contributed by atoms with Gasteiger partial charge in [0.05, 0.1) is 19.4 Å². The molecular weight excluding hydrogens is 421 g/mol. The number of hydrogen-bond donors (Lipinski definition) is 2. The minimum absolute atomic E-state index is 0. The van der Waals surface area contributed by atoms with Crippen LogP contribution in [0, 0.1) is 0 Å². The molecule has 0 amide bonds. The number of rotatable bonds is 10. The second kappa shape index (κ2) is 13.9. The molecule has 0 unspecified atom stereocenters. The Balaban J connectivity index is 0.00000529. The van der Waals surface area contributed by atoms with Crippen LogP contribution in [0.15, 0.2) is 29.3 Å². The maximum Gasteiger partial charge on any atom is 0.305 e. The molecule has 0 saturated carbocycles. The molecule has 6 nitrogen and oxygen atoms in total. The number of nitrogens with two attached hydrogens (primary N) is 1. The van der Waals surface area contributed by atoms with Crippen molar-refractivity contribution in [2.24, 2.45) is 10.7 Å². The number of benzene rings is 1. The Hall–Kier alpha value is -1.51. The van der Waals surface area contributed by atoms with Crippen molar-refractivity contribution in [1.29, 1.82) is 0 Å². The number of carbonyl (C=O) groups excluding carboxylic acids is 1. The normalized spacial score (nSPS) is 10.7. The lowest BCUT2D eigenvalue weighted by Gasteiger charge is -2.10. The van der Waals surface area contributed by atoms with Gasteiger partial charge in [0.15, 0.2) is 5.96 Å². The van der Waals surface area contributed by atoms with Gasteiger partial charge in [-0.1, -0.05) is 25.0 Å². The third-order valence-corrected chi connectivity index (χ3v) is 3.25. The van der Waals surface area contributed by atoms with Crippen LogP contribution < -0.4 is 15.8 Å². The third kappa shape index (κ3) is 9.59. The summed E-state index contributed by atoms with van der Waals surface area (Å²) >= 11 is 0. The number of unbranched alkanes of at least 4 members (excludes halogenated alkanes) is 3. The van der Waals surface area contributed by atoms with Crippen molar-refractivity contribution >= 4 is 41.6 Å². The molecule has 1 aromatic carbocycles. The summed E-state index contributed by atoms with van der Waals surface area (Å²) in [5.74, 6) is 0.987. The first-order chi connectivity index (χ1) is 11.2. The van der Waals surface area contributed by atoms with Gasteiger partial charge in [-0.25, -0.2) is 0 Å². The molecule has 24 heavy (non-hydrogen) atoms. The average molecular weight is 449 g/mol. The van der Waals surface area contributed by atoms with E-state index in [4.69, 9.17) is 15.2 Å². The second-order valence-corrected chi connectivity index (χ2v) is 5.06. The van der Waals surface area contributed by atoms with E-state index in [9.17, 15) is 4.79 Å². The van der Waals surface area contributed by atoms with Gasteiger partial charge in [0.2, 0.25) is 0 Å². The van der Waals surface area contributed by atoms with E-state index < -0.39 is 0 Å². The van der Waals surface area contributed by atoms with Crippen LogP contribution in [0.25, 0.3) is 0 Å². The number of guanidine groups is 1. The summed E-state index contributed by atoms with van der Waals surface area (Å²) in [7, 11) is 1.62. The largest absolute Gasteiger partial charge is 0.495 e. The Morgan fingerprint density at radius 1 is 1.21 bits per heavy atom. The van der Waals surface area contributed by atoms with Crippen molar-refractivity contribution < 1.29 is 14.3 Å². The standard InChI is InChI=1S/C17H27N3O3.HI/c1-3-23-16(21)12-6-4-5-9-13-19-17(18)20-14-10-7-8-11-15(14)22-2;/h7-8,10-11H,3-6,9,12-13H2,1-2H3,(H3,18,19,20);1H. The van der Waals surface area contributed by atoms with Crippen LogP contribution in [-0.4, -0.2) is 32.2 Å². The number of nitrogens with zero attached hydrogens (tertiary/aromatic N) is 1. The number of ether oxygens (including phenoxy) is 2. The van der Waals surface area contributed by atoms with Crippen LogP contribution in [0.1, 0.15) is 39.0 Å². The number of carbonyl (C=O) groups is 1. The Labute approximate surface area is 161 Å². The van der Waals surface area contributed by atoms with E-state index in [1.54, 1.807) is 7.11 Å². The van der Waals surface area contributed by atoms with Crippen molar-refractivity contribution in [2.75, 3.05) is 25.6 Å². The van der Waals surface area contributed by atoms with Gasteiger partial charge in [-0.3, -0.25) is 9.79 Å². The Kier molecular flexibility index (Phi) is 13.0. The number of methoxy groups -OCH3 is 1.